The molecular formula is C20H25FN6O. The molecule has 0 spiro atoms. The number of aromatic nitrogens is 4. The van der Waals surface area contributed by atoms with E-state index in [1.807, 2.05) is 0 Å². The summed E-state index contributed by atoms with van der Waals surface area (Å²) in [7, 11) is 1.53. The first-order valence-electron chi connectivity index (χ1n) is 9.22. The van der Waals surface area contributed by atoms with E-state index < -0.39 is 0 Å². The van der Waals surface area contributed by atoms with Crippen LogP contribution in [-0.4, -0.2) is 45.3 Å². The Morgan fingerprint density at radius 1 is 1.18 bits per heavy atom. The van der Waals surface area contributed by atoms with Crippen LogP contribution in [0.15, 0.2) is 29.4 Å². The lowest BCUT2D eigenvalue weighted by Crippen LogP contribution is -2.38. The molecule has 3 rings (SSSR count). The minimum atomic E-state index is -0.281. The third-order valence-electron chi connectivity index (χ3n) is 4.31. The normalized spacial score (nSPS) is 11.9. The van der Waals surface area contributed by atoms with E-state index in [-0.39, 0.29) is 30.5 Å². The zero-order chi connectivity index (χ0) is 20.3. The van der Waals surface area contributed by atoms with Crippen molar-refractivity contribution in [1.29, 1.82) is 0 Å². The molecule has 0 amide bonds. The molecule has 1 N–H and O–H groups in total. The second-order valence-corrected chi connectivity index (χ2v) is 7.04. The molecule has 0 saturated carbocycles. The van der Waals surface area contributed by atoms with Crippen molar-refractivity contribution in [3.05, 3.63) is 41.6 Å². The Hall–Kier alpha value is -3.03. The summed E-state index contributed by atoms with van der Waals surface area (Å²) in [6, 6.07) is 5.33. The van der Waals surface area contributed by atoms with Crippen molar-refractivity contribution < 1.29 is 9.13 Å². The SMILES string of the molecule is COc1nc(CN=Cc2c[nH]c3ccc(F)cc23)nc(N(C(C)C)C(C)C)n1. The summed E-state index contributed by atoms with van der Waals surface area (Å²) in [6.45, 7) is 8.61. The molecule has 8 heteroatoms. The quantitative estimate of drug-likeness (QED) is 0.628. The van der Waals surface area contributed by atoms with E-state index in [2.05, 4.69) is 57.5 Å². The highest BCUT2D eigenvalue weighted by Crippen LogP contribution is 2.19. The maximum absolute atomic E-state index is 13.5. The van der Waals surface area contributed by atoms with Crippen LogP contribution in [0.5, 0.6) is 6.01 Å². The summed E-state index contributed by atoms with van der Waals surface area (Å²) < 4.78 is 18.8. The second kappa shape index (κ2) is 8.33. The van der Waals surface area contributed by atoms with Crippen LogP contribution in [0, 0.1) is 5.82 Å². The minimum Gasteiger partial charge on any atom is -0.467 e. The lowest BCUT2D eigenvalue weighted by molar-refractivity contribution is 0.374. The zero-order valence-electron chi connectivity index (χ0n) is 16.8. The lowest BCUT2D eigenvalue weighted by atomic mass is 10.2. The largest absolute Gasteiger partial charge is 0.467 e. The van der Waals surface area contributed by atoms with Gasteiger partial charge >= 0.3 is 6.01 Å². The molecule has 0 aliphatic rings. The summed E-state index contributed by atoms with van der Waals surface area (Å²) in [5.41, 5.74) is 1.67. The molecular weight excluding hydrogens is 359 g/mol. The van der Waals surface area contributed by atoms with Crippen LogP contribution in [0.25, 0.3) is 10.9 Å². The molecule has 0 aliphatic carbocycles. The molecule has 0 unspecified atom stereocenters. The van der Waals surface area contributed by atoms with Gasteiger partial charge in [0.25, 0.3) is 0 Å². The predicted octanol–water partition coefficient (Wildman–Crippen LogP) is 3.74. The van der Waals surface area contributed by atoms with E-state index in [9.17, 15) is 4.39 Å². The fraction of sp³-hybridized carbons (Fsp3) is 0.400. The first-order valence-corrected chi connectivity index (χ1v) is 9.22. The average molecular weight is 384 g/mol. The van der Waals surface area contributed by atoms with Gasteiger partial charge in [-0.2, -0.15) is 15.0 Å². The van der Waals surface area contributed by atoms with E-state index in [1.54, 1.807) is 18.5 Å². The highest BCUT2D eigenvalue weighted by atomic mass is 19.1. The van der Waals surface area contributed by atoms with Gasteiger partial charge < -0.3 is 14.6 Å². The van der Waals surface area contributed by atoms with Crippen LogP contribution in [0.3, 0.4) is 0 Å². The molecule has 28 heavy (non-hydrogen) atoms. The van der Waals surface area contributed by atoms with Gasteiger partial charge in [-0.1, -0.05) is 0 Å². The van der Waals surface area contributed by atoms with Gasteiger partial charge in [-0.15, -0.1) is 0 Å². The summed E-state index contributed by atoms with van der Waals surface area (Å²) in [6.07, 6.45) is 3.49. The van der Waals surface area contributed by atoms with Crippen molar-refractivity contribution in [3.63, 3.8) is 0 Å². The van der Waals surface area contributed by atoms with Gasteiger partial charge in [0.2, 0.25) is 5.95 Å². The number of hydrogen-bond donors (Lipinski definition) is 1. The van der Waals surface area contributed by atoms with Crippen LogP contribution >= 0.6 is 0 Å². The number of aliphatic imine (C=N–C) groups is 1. The molecule has 0 fully saturated rings. The number of methoxy groups -OCH3 is 1. The highest BCUT2D eigenvalue weighted by Gasteiger charge is 2.19. The molecule has 148 valence electrons. The molecule has 0 atom stereocenters. The lowest BCUT2D eigenvalue weighted by Gasteiger charge is -2.30. The standard InChI is InChI=1S/C20H25FN6O/c1-12(2)27(13(3)4)19-24-18(25-20(26-19)28-5)11-22-9-14-10-23-17-7-6-15(21)8-16(14)17/h6-10,12-13,23H,11H2,1-5H3. The van der Waals surface area contributed by atoms with Crippen molar-refractivity contribution in [2.75, 3.05) is 12.0 Å². The molecule has 2 aromatic heterocycles. The number of hydrogen-bond acceptors (Lipinski definition) is 6. The fourth-order valence-electron chi connectivity index (χ4n) is 3.17. The predicted molar refractivity (Wildman–Crippen MR) is 109 cm³/mol. The van der Waals surface area contributed by atoms with Gasteiger partial charge in [-0.3, -0.25) is 4.99 Å². The van der Waals surface area contributed by atoms with E-state index in [1.165, 1.54) is 19.2 Å². The number of ether oxygens (including phenoxy) is 1. The Bertz CT molecular complexity index is 974. The van der Waals surface area contributed by atoms with E-state index >= 15 is 0 Å². The summed E-state index contributed by atoms with van der Waals surface area (Å²) >= 11 is 0. The number of halogens is 1. The molecule has 0 saturated heterocycles. The van der Waals surface area contributed by atoms with Crippen molar-refractivity contribution in [2.45, 2.75) is 46.3 Å². The number of H-pyrrole nitrogens is 1. The number of fused-ring (bicyclic) bond motifs is 1. The fourth-order valence-corrected chi connectivity index (χ4v) is 3.17. The van der Waals surface area contributed by atoms with Crippen molar-refractivity contribution in [2.24, 2.45) is 4.99 Å². The van der Waals surface area contributed by atoms with Crippen LogP contribution in [0.2, 0.25) is 0 Å². The first kappa shape index (κ1) is 19.7. The number of anilines is 1. The number of rotatable bonds is 7. The van der Waals surface area contributed by atoms with E-state index in [0.29, 0.717) is 11.8 Å². The van der Waals surface area contributed by atoms with Gasteiger partial charge in [0, 0.05) is 41.0 Å². The Morgan fingerprint density at radius 3 is 2.61 bits per heavy atom. The van der Waals surface area contributed by atoms with Crippen LogP contribution in [0.4, 0.5) is 10.3 Å². The molecule has 0 bridgehead atoms. The van der Waals surface area contributed by atoms with Crippen LogP contribution in [0.1, 0.15) is 39.1 Å². The monoisotopic (exact) mass is 384 g/mol. The van der Waals surface area contributed by atoms with Crippen LogP contribution < -0.4 is 9.64 Å². The third-order valence-corrected chi connectivity index (χ3v) is 4.31. The number of benzene rings is 1. The van der Waals surface area contributed by atoms with Crippen molar-refractivity contribution in [1.82, 2.24) is 19.9 Å². The Balaban J connectivity index is 1.86. The molecule has 3 aromatic rings. The minimum absolute atomic E-state index is 0.226. The number of nitrogens with zero attached hydrogens (tertiary/aromatic N) is 5. The second-order valence-electron chi connectivity index (χ2n) is 7.04. The van der Waals surface area contributed by atoms with Crippen LogP contribution in [-0.2, 0) is 6.54 Å². The van der Waals surface area contributed by atoms with Gasteiger partial charge in [-0.05, 0) is 45.9 Å². The van der Waals surface area contributed by atoms with E-state index in [0.717, 1.165) is 16.5 Å². The average Bonchev–Trinajstić information content (AvgIpc) is 3.03. The Morgan fingerprint density at radius 2 is 1.93 bits per heavy atom. The third kappa shape index (κ3) is 4.27. The Kier molecular flexibility index (Phi) is 5.87. The van der Waals surface area contributed by atoms with Crippen molar-refractivity contribution >= 4 is 23.1 Å². The van der Waals surface area contributed by atoms with Crippen molar-refractivity contribution in [3.8, 4) is 6.01 Å². The number of nitrogens with one attached hydrogen (secondary N) is 1. The zero-order valence-corrected chi connectivity index (χ0v) is 16.8. The van der Waals surface area contributed by atoms with Gasteiger partial charge in [0.1, 0.15) is 5.82 Å². The first-order chi connectivity index (χ1) is 13.4. The molecule has 2 heterocycles. The molecule has 7 nitrogen and oxygen atoms in total. The summed E-state index contributed by atoms with van der Waals surface area (Å²) in [4.78, 5) is 22.9. The highest BCUT2D eigenvalue weighted by molar-refractivity contribution is 5.98. The maximum Gasteiger partial charge on any atom is 0.321 e. The van der Waals surface area contributed by atoms with Gasteiger partial charge in [0.05, 0.1) is 13.7 Å². The molecule has 0 radical (unpaired) electrons. The van der Waals surface area contributed by atoms with Gasteiger partial charge in [-0.25, -0.2) is 4.39 Å². The smallest absolute Gasteiger partial charge is 0.321 e. The Labute approximate surface area is 163 Å². The summed E-state index contributed by atoms with van der Waals surface area (Å²) in [5, 5.41) is 0.781. The topological polar surface area (TPSA) is 79.3 Å². The molecule has 0 aliphatic heterocycles. The maximum atomic E-state index is 13.5. The molecule has 1 aromatic carbocycles. The summed E-state index contributed by atoms with van der Waals surface area (Å²) in [5.74, 6) is 0.794. The van der Waals surface area contributed by atoms with Gasteiger partial charge in [0.15, 0.2) is 5.82 Å². The van der Waals surface area contributed by atoms with E-state index in [4.69, 9.17) is 4.74 Å². The number of aromatic amines is 1.